The maximum Gasteiger partial charge on any atom is 0.333 e. The predicted molar refractivity (Wildman–Crippen MR) is 46.9 cm³/mol. The molecule has 72 valence electrons. The van der Waals surface area contributed by atoms with Crippen LogP contribution in [0.3, 0.4) is 0 Å². The van der Waals surface area contributed by atoms with Crippen LogP contribution in [0.5, 0.6) is 0 Å². The van der Waals surface area contributed by atoms with Gasteiger partial charge in [0.25, 0.3) is 0 Å². The van der Waals surface area contributed by atoms with Gasteiger partial charge in [0.15, 0.2) is 0 Å². The minimum absolute atomic E-state index is 0.0484. The molecule has 5 nitrogen and oxygen atoms in total. The van der Waals surface area contributed by atoms with Gasteiger partial charge in [-0.25, -0.2) is 5.14 Å². The number of pyridine rings is 1. The van der Waals surface area contributed by atoms with E-state index in [9.17, 15) is 8.42 Å². The third kappa shape index (κ3) is 3.49. The first-order valence-electron chi connectivity index (χ1n) is 3.56. The Balaban J connectivity index is 2.71. The second kappa shape index (κ2) is 3.82. The number of aryl methyl sites for hydroxylation is 1. The lowest BCUT2D eigenvalue weighted by atomic mass is 10.2. The minimum atomic E-state index is -3.86. The number of nitrogens with two attached hydrogens (primary N) is 1. The molecule has 6 heteroatoms. The molecule has 1 rings (SSSR count). The van der Waals surface area contributed by atoms with Crippen molar-refractivity contribution in [3.05, 3.63) is 29.6 Å². The largest absolute Gasteiger partial charge is 0.333 e. The van der Waals surface area contributed by atoms with Crippen LogP contribution in [0.1, 0.15) is 11.1 Å². The van der Waals surface area contributed by atoms with Gasteiger partial charge in [-0.1, -0.05) is 0 Å². The molecule has 1 heterocycles. The molecule has 0 fully saturated rings. The van der Waals surface area contributed by atoms with Crippen LogP contribution in [0, 0.1) is 6.92 Å². The summed E-state index contributed by atoms with van der Waals surface area (Å²) >= 11 is 0. The van der Waals surface area contributed by atoms with Crippen LogP contribution in [0.2, 0.25) is 0 Å². The van der Waals surface area contributed by atoms with Gasteiger partial charge in [0.2, 0.25) is 0 Å². The SMILES string of the molecule is Cc1cnccc1COS(N)(=O)=O. The smallest absolute Gasteiger partial charge is 0.264 e. The zero-order valence-corrected chi connectivity index (χ0v) is 7.91. The molecule has 0 aromatic carbocycles. The summed E-state index contributed by atoms with van der Waals surface area (Å²) in [7, 11) is -3.86. The third-order valence-electron chi connectivity index (χ3n) is 1.52. The molecular formula is C7H10N2O3S. The van der Waals surface area contributed by atoms with Crippen LogP contribution in [0.25, 0.3) is 0 Å². The zero-order chi connectivity index (χ0) is 9.90. The van der Waals surface area contributed by atoms with E-state index in [-0.39, 0.29) is 6.61 Å². The summed E-state index contributed by atoms with van der Waals surface area (Å²) in [5.74, 6) is 0. The van der Waals surface area contributed by atoms with Crippen LogP contribution in [-0.4, -0.2) is 13.4 Å². The maximum atomic E-state index is 10.5. The van der Waals surface area contributed by atoms with Crippen molar-refractivity contribution in [2.45, 2.75) is 13.5 Å². The molecule has 0 amide bonds. The van der Waals surface area contributed by atoms with Crippen molar-refractivity contribution in [2.24, 2.45) is 5.14 Å². The minimum Gasteiger partial charge on any atom is -0.264 e. The first kappa shape index (κ1) is 10.1. The molecule has 0 spiro atoms. The molecule has 2 N–H and O–H groups in total. The van der Waals surface area contributed by atoms with Gasteiger partial charge in [-0.2, -0.15) is 8.42 Å². The van der Waals surface area contributed by atoms with Crippen LogP contribution in [-0.2, 0) is 21.1 Å². The van der Waals surface area contributed by atoms with Gasteiger partial charge in [-0.15, -0.1) is 0 Å². The Labute approximate surface area is 76.8 Å². The standard InChI is InChI=1S/C7H10N2O3S/c1-6-4-9-3-2-7(6)5-12-13(8,10)11/h2-4H,5H2,1H3,(H2,8,10,11). The first-order chi connectivity index (χ1) is 5.99. The topological polar surface area (TPSA) is 82.3 Å². The van der Waals surface area contributed by atoms with Crippen molar-refractivity contribution in [3.63, 3.8) is 0 Å². The number of hydrogen-bond acceptors (Lipinski definition) is 4. The molecule has 13 heavy (non-hydrogen) atoms. The summed E-state index contributed by atoms with van der Waals surface area (Å²) in [6, 6.07) is 1.68. The highest BCUT2D eigenvalue weighted by atomic mass is 32.2. The van der Waals surface area contributed by atoms with Crippen LogP contribution in [0.15, 0.2) is 18.5 Å². The van der Waals surface area contributed by atoms with E-state index >= 15 is 0 Å². The zero-order valence-electron chi connectivity index (χ0n) is 7.10. The Morgan fingerprint density at radius 3 is 2.85 bits per heavy atom. The number of aromatic nitrogens is 1. The van der Waals surface area contributed by atoms with E-state index in [0.29, 0.717) is 0 Å². The second-order valence-electron chi connectivity index (χ2n) is 2.56. The van der Waals surface area contributed by atoms with Crippen molar-refractivity contribution >= 4 is 10.3 Å². The summed E-state index contributed by atoms with van der Waals surface area (Å²) in [4.78, 5) is 3.85. The van der Waals surface area contributed by atoms with Gasteiger partial charge in [0.05, 0.1) is 6.61 Å². The van der Waals surface area contributed by atoms with E-state index in [1.54, 1.807) is 18.5 Å². The summed E-state index contributed by atoms with van der Waals surface area (Å²) in [6.07, 6.45) is 3.19. The van der Waals surface area contributed by atoms with Crippen LogP contribution in [0.4, 0.5) is 0 Å². The molecule has 0 saturated carbocycles. The molecule has 0 atom stereocenters. The van der Waals surface area contributed by atoms with E-state index in [2.05, 4.69) is 14.3 Å². The monoisotopic (exact) mass is 202 g/mol. The molecule has 1 aromatic rings. The van der Waals surface area contributed by atoms with Crippen LogP contribution >= 0.6 is 0 Å². The highest BCUT2D eigenvalue weighted by Crippen LogP contribution is 2.06. The Morgan fingerprint density at radius 1 is 1.62 bits per heavy atom. The lowest BCUT2D eigenvalue weighted by Gasteiger charge is -2.03. The summed E-state index contributed by atoms with van der Waals surface area (Å²) in [5.41, 5.74) is 1.62. The van der Waals surface area contributed by atoms with Gasteiger partial charge >= 0.3 is 10.3 Å². The van der Waals surface area contributed by atoms with Gasteiger partial charge in [-0.3, -0.25) is 9.17 Å². The lowest BCUT2D eigenvalue weighted by molar-refractivity contribution is 0.308. The average molecular weight is 202 g/mol. The fraction of sp³-hybridized carbons (Fsp3) is 0.286. The number of nitrogens with zero attached hydrogens (tertiary/aromatic N) is 1. The highest BCUT2D eigenvalue weighted by Gasteiger charge is 2.04. The number of rotatable bonds is 3. The predicted octanol–water partition coefficient (Wildman–Crippen LogP) is 0.110. The fourth-order valence-electron chi connectivity index (χ4n) is 0.810. The summed E-state index contributed by atoms with van der Waals surface area (Å²) in [6.45, 7) is 1.77. The van der Waals surface area contributed by atoms with E-state index in [0.717, 1.165) is 11.1 Å². The fourth-order valence-corrected chi connectivity index (χ4v) is 1.10. The van der Waals surface area contributed by atoms with Crippen molar-refractivity contribution in [3.8, 4) is 0 Å². The second-order valence-corrected chi connectivity index (χ2v) is 3.78. The summed E-state index contributed by atoms with van der Waals surface area (Å²) < 4.78 is 25.3. The van der Waals surface area contributed by atoms with Crippen molar-refractivity contribution in [2.75, 3.05) is 0 Å². The lowest BCUT2D eigenvalue weighted by Crippen LogP contribution is -2.15. The normalized spacial score (nSPS) is 11.5. The quantitative estimate of drug-likeness (QED) is 0.754. The highest BCUT2D eigenvalue weighted by molar-refractivity contribution is 7.84. The molecule has 0 aliphatic heterocycles. The Morgan fingerprint density at radius 2 is 2.31 bits per heavy atom. The molecule has 0 bridgehead atoms. The first-order valence-corrected chi connectivity index (χ1v) is 5.03. The molecular weight excluding hydrogens is 192 g/mol. The number of hydrogen-bond donors (Lipinski definition) is 1. The third-order valence-corrected chi connectivity index (χ3v) is 1.96. The van der Waals surface area contributed by atoms with E-state index in [1.165, 1.54) is 0 Å². The van der Waals surface area contributed by atoms with Crippen LogP contribution < -0.4 is 5.14 Å². The summed E-state index contributed by atoms with van der Waals surface area (Å²) in [5, 5.41) is 4.67. The molecule has 0 saturated heterocycles. The molecule has 0 aliphatic carbocycles. The Hall–Kier alpha value is -0.980. The van der Waals surface area contributed by atoms with Crippen molar-refractivity contribution in [1.82, 2.24) is 4.98 Å². The Bertz CT molecular complexity index is 388. The van der Waals surface area contributed by atoms with E-state index in [4.69, 9.17) is 0 Å². The van der Waals surface area contributed by atoms with Gasteiger partial charge in [-0.05, 0) is 24.1 Å². The maximum absolute atomic E-state index is 10.5. The van der Waals surface area contributed by atoms with Gasteiger partial charge in [0.1, 0.15) is 0 Å². The van der Waals surface area contributed by atoms with Crippen molar-refractivity contribution in [1.29, 1.82) is 0 Å². The Kier molecular flexibility index (Phi) is 2.97. The molecule has 1 aromatic heterocycles. The molecule has 0 radical (unpaired) electrons. The van der Waals surface area contributed by atoms with Gasteiger partial charge < -0.3 is 0 Å². The average Bonchev–Trinajstić information content (AvgIpc) is 2.01. The van der Waals surface area contributed by atoms with Crippen molar-refractivity contribution < 1.29 is 12.6 Å². The molecule has 0 unspecified atom stereocenters. The van der Waals surface area contributed by atoms with E-state index < -0.39 is 10.3 Å². The molecule has 0 aliphatic rings. The van der Waals surface area contributed by atoms with Gasteiger partial charge in [0, 0.05) is 12.4 Å². The van der Waals surface area contributed by atoms with E-state index in [1.807, 2.05) is 6.92 Å².